The summed E-state index contributed by atoms with van der Waals surface area (Å²) in [6.07, 6.45) is 0.843. The molecular weight excluding hydrogens is 352 g/mol. The minimum Gasteiger partial charge on any atom is -0.494 e. The highest BCUT2D eigenvalue weighted by Gasteiger charge is 2.26. The van der Waals surface area contributed by atoms with Crippen LogP contribution < -0.4 is 20.7 Å². The number of hydrogen-bond donors (Lipinski definition) is 3. The number of nitrogens with zero attached hydrogens (tertiary/aromatic N) is 1. The molecule has 152 valence electrons. The van der Waals surface area contributed by atoms with Crippen LogP contribution in [0.2, 0.25) is 0 Å². The van der Waals surface area contributed by atoms with Gasteiger partial charge in [0.1, 0.15) is 5.75 Å². The molecule has 6 heteroatoms. The molecule has 0 aromatic heterocycles. The Hall–Kier alpha value is -2.76. The van der Waals surface area contributed by atoms with Gasteiger partial charge in [-0.1, -0.05) is 30.3 Å². The minimum absolute atomic E-state index is 0.0177. The van der Waals surface area contributed by atoms with Crippen molar-refractivity contribution in [1.29, 1.82) is 0 Å². The van der Waals surface area contributed by atoms with Gasteiger partial charge in [-0.05, 0) is 50.1 Å². The number of ether oxygens (including phenoxy) is 1. The normalized spacial score (nSPS) is 11.9. The van der Waals surface area contributed by atoms with Crippen molar-refractivity contribution in [1.82, 2.24) is 16.0 Å². The Kier molecular flexibility index (Phi) is 8.11. The van der Waals surface area contributed by atoms with Crippen LogP contribution in [0.15, 0.2) is 47.5 Å². The molecule has 3 N–H and O–H groups in total. The van der Waals surface area contributed by atoms with Crippen LogP contribution >= 0.6 is 0 Å². The summed E-state index contributed by atoms with van der Waals surface area (Å²) in [7, 11) is 1.65. The molecule has 0 spiro atoms. The molecule has 0 aliphatic carbocycles. The van der Waals surface area contributed by atoms with Crippen molar-refractivity contribution in [2.75, 3.05) is 33.3 Å². The molecule has 2 rings (SSSR count). The molecule has 0 saturated heterocycles. The summed E-state index contributed by atoms with van der Waals surface area (Å²) >= 11 is 0. The lowest BCUT2D eigenvalue weighted by Crippen LogP contribution is -2.41. The average molecular weight is 385 g/mol. The van der Waals surface area contributed by atoms with Crippen LogP contribution in [-0.2, 0) is 4.79 Å². The van der Waals surface area contributed by atoms with Crippen LogP contribution in [0.4, 0.5) is 0 Å². The zero-order chi connectivity index (χ0) is 20.4. The molecule has 1 amide bonds. The molecule has 0 aliphatic heterocycles. The third-order valence-corrected chi connectivity index (χ3v) is 4.42. The van der Waals surface area contributed by atoms with Crippen molar-refractivity contribution in [2.24, 2.45) is 10.4 Å². The summed E-state index contributed by atoms with van der Waals surface area (Å²) in [4.78, 5) is 16.4. The second-order valence-electron chi connectivity index (χ2n) is 7.30. The highest BCUT2D eigenvalue weighted by atomic mass is 16.5. The van der Waals surface area contributed by atoms with Gasteiger partial charge >= 0.3 is 0 Å². The number of amides is 1. The first-order valence-corrected chi connectivity index (χ1v) is 9.82. The molecule has 2 aromatic carbocycles. The molecule has 0 radical (unpaired) electrons. The first kappa shape index (κ1) is 21.5. The van der Waals surface area contributed by atoms with Gasteiger partial charge in [0.05, 0.1) is 18.6 Å². The second-order valence-corrected chi connectivity index (χ2v) is 7.30. The Morgan fingerprint density at radius 3 is 2.57 bits per heavy atom. The molecule has 28 heavy (non-hydrogen) atoms. The van der Waals surface area contributed by atoms with Crippen LogP contribution in [0.3, 0.4) is 0 Å². The van der Waals surface area contributed by atoms with Gasteiger partial charge in [0, 0.05) is 20.1 Å². The van der Waals surface area contributed by atoms with Gasteiger partial charge in [-0.2, -0.15) is 0 Å². The number of nitrogens with one attached hydrogen (secondary N) is 3. The van der Waals surface area contributed by atoms with E-state index in [1.807, 2.05) is 39.0 Å². The zero-order valence-corrected chi connectivity index (χ0v) is 17.3. The highest BCUT2D eigenvalue weighted by Crippen LogP contribution is 2.20. The van der Waals surface area contributed by atoms with E-state index in [-0.39, 0.29) is 5.91 Å². The van der Waals surface area contributed by atoms with Gasteiger partial charge in [0.25, 0.3) is 0 Å². The predicted octanol–water partition coefficient (Wildman–Crippen LogP) is 2.94. The summed E-state index contributed by atoms with van der Waals surface area (Å²) in [5.41, 5.74) is -0.545. The van der Waals surface area contributed by atoms with E-state index in [0.29, 0.717) is 19.1 Å². The number of guanidine groups is 1. The van der Waals surface area contributed by atoms with Gasteiger partial charge in [-0.15, -0.1) is 0 Å². The SMILES string of the molecule is CCNC(=NCC(C)(C)C(=O)NC)NCCCOc1ccc2ccccc2c1. The van der Waals surface area contributed by atoms with Crippen LogP contribution in [-0.4, -0.2) is 45.2 Å². The first-order chi connectivity index (χ1) is 13.5. The number of carbonyl (C=O) groups excluding carboxylic acids is 1. The molecule has 2 aromatic rings. The van der Waals surface area contributed by atoms with Crippen molar-refractivity contribution in [2.45, 2.75) is 27.2 Å². The Bertz CT molecular complexity index is 802. The van der Waals surface area contributed by atoms with Crippen LogP contribution in [0.25, 0.3) is 10.8 Å². The topological polar surface area (TPSA) is 74.8 Å². The van der Waals surface area contributed by atoms with Crippen molar-refractivity contribution >= 4 is 22.6 Å². The van der Waals surface area contributed by atoms with Crippen molar-refractivity contribution in [3.63, 3.8) is 0 Å². The lowest BCUT2D eigenvalue weighted by Gasteiger charge is -2.21. The number of aliphatic imine (C=N–C) groups is 1. The molecule has 0 unspecified atom stereocenters. The number of hydrogen-bond acceptors (Lipinski definition) is 3. The third-order valence-electron chi connectivity index (χ3n) is 4.42. The fourth-order valence-electron chi connectivity index (χ4n) is 2.75. The molecular formula is C22H32N4O2. The largest absolute Gasteiger partial charge is 0.494 e. The number of rotatable bonds is 9. The number of benzene rings is 2. The van der Waals surface area contributed by atoms with E-state index in [4.69, 9.17) is 4.74 Å². The Labute approximate surface area is 167 Å². The molecule has 0 fully saturated rings. The van der Waals surface area contributed by atoms with E-state index in [0.717, 1.165) is 25.3 Å². The maximum Gasteiger partial charge on any atom is 0.227 e. The molecule has 6 nitrogen and oxygen atoms in total. The monoisotopic (exact) mass is 384 g/mol. The fourth-order valence-corrected chi connectivity index (χ4v) is 2.75. The van der Waals surface area contributed by atoms with Crippen molar-refractivity contribution in [3.8, 4) is 5.75 Å². The number of carbonyl (C=O) groups is 1. The summed E-state index contributed by atoms with van der Waals surface area (Å²) in [5, 5.41) is 11.6. The van der Waals surface area contributed by atoms with E-state index in [9.17, 15) is 4.79 Å². The van der Waals surface area contributed by atoms with E-state index < -0.39 is 5.41 Å². The standard InChI is InChI=1S/C22H32N4O2/c1-5-24-21(26-16-22(2,3)20(27)23-4)25-13-8-14-28-19-12-11-17-9-6-7-10-18(17)15-19/h6-7,9-12,15H,5,8,13-14,16H2,1-4H3,(H,23,27)(H2,24,25,26). The smallest absolute Gasteiger partial charge is 0.227 e. The molecule has 0 saturated carbocycles. The maximum absolute atomic E-state index is 11.9. The van der Waals surface area contributed by atoms with Crippen LogP contribution in [0.1, 0.15) is 27.2 Å². The van der Waals surface area contributed by atoms with Gasteiger partial charge in [0.15, 0.2) is 5.96 Å². The molecule has 0 atom stereocenters. The van der Waals surface area contributed by atoms with Crippen LogP contribution in [0.5, 0.6) is 5.75 Å². The Balaban J connectivity index is 1.78. The highest BCUT2D eigenvalue weighted by molar-refractivity contribution is 5.84. The Morgan fingerprint density at radius 1 is 1.11 bits per heavy atom. The van der Waals surface area contributed by atoms with Gasteiger partial charge in [-0.25, -0.2) is 0 Å². The molecule has 0 bridgehead atoms. The summed E-state index contributed by atoms with van der Waals surface area (Å²) in [5.74, 6) is 1.58. The Morgan fingerprint density at radius 2 is 1.86 bits per heavy atom. The van der Waals surface area contributed by atoms with Gasteiger partial charge in [0.2, 0.25) is 5.91 Å². The van der Waals surface area contributed by atoms with E-state index >= 15 is 0 Å². The zero-order valence-electron chi connectivity index (χ0n) is 17.3. The summed E-state index contributed by atoms with van der Waals surface area (Å²) < 4.78 is 5.86. The lowest BCUT2D eigenvalue weighted by atomic mass is 9.93. The summed E-state index contributed by atoms with van der Waals surface area (Å²) in [6, 6.07) is 14.4. The van der Waals surface area contributed by atoms with E-state index in [2.05, 4.69) is 45.2 Å². The molecule has 0 aliphatic rings. The van der Waals surface area contributed by atoms with E-state index in [1.165, 1.54) is 10.8 Å². The number of fused-ring (bicyclic) bond motifs is 1. The summed E-state index contributed by atoms with van der Waals surface area (Å²) in [6.45, 7) is 8.32. The van der Waals surface area contributed by atoms with Gasteiger partial charge in [-0.3, -0.25) is 9.79 Å². The van der Waals surface area contributed by atoms with Gasteiger partial charge < -0.3 is 20.7 Å². The van der Waals surface area contributed by atoms with Crippen molar-refractivity contribution < 1.29 is 9.53 Å². The quantitative estimate of drug-likeness (QED) is 0.353. The van der Waals surface area contributed by atoms with E-state index in [1.54, 1.807) is 7.05 Å². The molecule has 0 heterocycles. The maximum atomic E-state index is 11.9. The van der Waals surface area contributed by atoms with Crippen LogP contribution in [0, 0.1) is 5.41 Å². The second kappa shape index (κ2) is 10.5. The first-order valence-electron chi connectivity index (χ1n) is 9.82. The fraction of sp³-hybridized carbons (Fsp3) is 0.455. The minimum atomic E-state index is -0.545. The lowest BCUT2D eigenvalue weighted by molar-refractivity contribution is -0.128. The predicted molar refractivity (Wildman–Crippen MR) is 116 cm³/mol. The van der Waals surface area contributed by atoms with Crippen molar-refractivity contribution in [3.05, 3.63) is 42.5 Å². The average Bonchev–Trinajstić information content (AvgIpc) is 2.70. The third kappa shape index (κ3) is 6.44.